The first-order chi connectivity index (χ1) is 8.09. The summed E-state index contributed by atoms with van der Waals surface area (Å²) in [5, 5.41) is 15.0. The van der Waals surface area contributed by atoms with Crippen molar-refractivity contribution >= 4 is 6.03 Å². The van der Waals surface area contributed by atoms with Crippen LogP contribution in [0.15, 0.2) is 0 Å². The number of rotatable bonds is 5. The zero-order valence-corrected chi connectivity index (χ0v) is 11.1. The molecule has 0 aromatic carbocycles. The maximum Gasteiger partial charge on any atom is 0.315 e. The minimum atomic E-state index is -0.298. The summed E-state index contributed by atoms with van der Waals surface area (Å²) in [7, 11) is 0. The smallest absolute Gasteiger partial charge is 0.315 e. The molecule has 0 bridgehead atoms. The van der Waals surface area contributed by atoms with E-state index in [0.29, 0.717) is 12.5 Å². The summed E-state index contributed by atoms with van der Waals surface area (Å²) in [6.45, 7) is 4.11. The molecule has 0 aliphatic heterocycles. The van der Waals surface area contributed by atoms with E-state index in [2.05, 4.69) is 10.6 Å². The molecular weight excluding hydrogens is 216 g/mol. The molecule has 0 heterocycles. The molecule has 0 aromatic heterocycles. The lowest BCUT2D eigenvalue weighted by Gasteiger charge is -2.31. The van der Waals surface area contributed by atoms with Crippen LogP contribution in [0.3, 0.4) is 0 Å². The number of urea groups is 1. The van der Waals surface area contributed by atoms with Crippen LogP contribution in [-0.4, -0.2) is 29.3 Å². The van der Waals surface area contributed by atoms with E-state index in [1.165, 1.54) is 19.3 Å². The highest BCUT2D eigenvalue weighted by Gasteiger charge is 2.25. The number of aliphatic hydroxyl groups excluding tert-OH is 1. The van der Waals surface area contributed by atoms with Gasteiger partial charge in [-0.15, -0.1) is 0 Å². The zero-order chi connectivity index (χ0) is 12.7. The largest absolute Gasteiger partial charge is 0.396 e. The van der Waals surface area contributed by atoms with Crippen molar-refractivity contribution in [3.8, 4) is 0 Å². The van der Waals surface area contributed by atoms with Crippen molar-refractivity contribution in [1.29, 1.82) is 0 Å². The average molecular weight is 242 g/mol. The highest BCUT2D eigenvalue weighted by atomic mass is 16.3. The number of amides is 2. The summed E-state index contributed by atoms with van der Waals surface area (Å²) in [5.41, 5.74) is -0.298. The molecule has 4 heteroatoms. The van der Waals surface area contributed by atoms with Gasteiger partial charge in [0.15, 0.2) is 0 Å². The topological polar surface area (TPSA) is 61.4 Å². The average Bonchev–Trinajstić information content (AvgIpc) is 2.30. The van der Waals surface area contributed by atoms with Crippen LogP contribution < -0.4 is 10.6 Å². The van der Waals surface area contributed by atoms with Crippen molar-refractivity contribution in [2.75, 3.05) is 6.61 Å². The minimum Gasteiger partial charge on any atom is -0.396 e. The maximum absolute atomic E-state index is 11.9. The summed E-state index contributed by atoms with van der Waals surface area (Å²) in [6, 6.07) is 0.244. The first kappa shape index (κ1) is 14.3. The van der Waals surface area contributed by atoms with Gasteiger partial charge in [0.2, 0.25) is 0 Å². The van der Waals surface area contributed by atoms with Crippen LogP contribution in [0.25, 0.3) is 0 Å². The van der Waals surface area contributed by atoms with E-state index in [1.54, 1.807) is 0 Å². The van der Waals surface area contributed by atoms with Gasteiger partial charge in [-0.05, 0) is 32.6 Å². The van der Waals surface area contributed by atoms with E-state index in [4.69, 9.17) is 5.11 Å². The molecule has 2 amide bonds. The Morgan fingerprint density at radius 1 is 1.35 bits per heavy atom. The van der Waals surface area contributed by atoms with E-state index in [1.807, 2.05) is 13.8 Å². The first-order valence-electron chi connectivity index (χ1n) is 6.79. The van der Waals surface area contributed by atoms with Crippen LogP contribution >= 0.6 is 0 Å². The third-order valence-corrected chi connectivity index (χ3v) is 3.80. The van der Waals surface area contributed by atoms with Crippen LogP contribution in [0.2, 0.25) is 0 Å². The first-order valence-corrected chi connectivity index (χ1v) is 6.79. The summed E-state index contributed by atoms with van der Waals surface area (Å²) in [4.78, 5) is 11.9. The van der Waals surface area contributed by atoms with Crippen LogP contribution in [0, 0.1) is 0 Å². The predicted molar refractivity (Wildman–Crippen MR) is 68.9 cm³/mol. The highest BCUT2D eigenvalue weighted by Crippen LogP contribution is 2.18. The molecule has 1 rings (SSSR count). The molecule has 3 N–H and O–H groups in total. The van der Waals surface area contributed by atoms with Crippen molar-refractivity contribution in [2.45, 2.75) is 70.4 Å². The van der Waals surface area contributed by atoms with E-state index in [0.717, 1.165) is 19.3 Å². The summed E-state index contributed by atoms with van der Waals surface area (Å²) < 4.78 is 0. The molecule has 1 unspecified atom stereocenters. The second-order valence-electron chi connectivity index (χ2n) is 5.32. The number of carbonyl (C=O) groups is 1. The number of hydrogen-bond donors (Lipinski definition) is 3. The molecule has 1 atom stereocenters. The fraction of sp³-hybridized carbons (Fsp3) is 0.923. The summed E-state index contributed by atoms with van der Waals surface area (Å²) >= 11 is 0. The van der Waals surface area contributed by atoms with Gasteiger partial charge in [0.1, 0.15) is 0 Å². The molecule has 0 aromatic rings. The Morgan fingerprint density at radius 2 is 2.00 bits per heavy atom. The molecule has 100 valence electrons. The molecule has 0 spiro atoms. The quantitative estimate of drug-likeness (QED) is 0.692. The fourth-order valence-corrected chi connectivity index (χ4v) is 2.32. The SMILES string of the molecule is CCC(C)(CCO)NC(=O)NC1CCCCC1. The van der Waals surface area contributed by atoms with Gasteiger partial charge >= 0.3 is 6.03 Å². The number of nitrogens with one attached hydrogen (secondary N) is 2. The second-order valence-corrected chi connectivity index (χ2v) is 5.32. The van der Waals surface area contributed by atoms with E-state index in [9.17, 15) is 4.79 Å². The van der Waals surface area contributed by atoms with E-state index < -0.39 is 0 Å². The third kappa shape index (κ3) is 4.94. The van der Waals surface area contributed by atoms with Gasteiger partial charge in [-0.1, -0.05) is 26.2 Å². The van der Waals surface area contributed by atoms with E-state index >= 15 is 0 Å². The normalized spacial score (nSPS) is 20.6. The van der Waals surface area contributed by atoms with E-state index in [-0.39, 0.29) is 18.2 Å². The zero-order valence-electron chi connectivity index (χ0n) is 11.1. The van der Waals surface area contributed by atoms with Crippen LogP contribution in [0.1, 0.15) is 58.8 Å². The highest BCUT2D eigenvalue weighted by molar-refractivity contribution is 5.75. The third-order valence-electron chi connectivity index (χ3n) is 3.80. The molecule has 0 saturated heterocycles. The molecule has 1 fully saturated rings. The van der Waals surface area contributed by atoms with Crippen LogP contribution in [0.4, 0.5) is 4.79 Å². The lowest BCUT2D eigenvalue weighted by Crippen LogP contribution is -2.52. The molecule has 0 radical (unpaired) electrons. The Labute approximate surface area is 104 Å². The number of aliphatic hydroxyl groups is 1. The Bertz CT molecular complexity index is 240. The van der Waals surface area contributed by atoms with Crippen molar-refractivity contribution in [3.63, 3.8) is 0 Å². The van der Waals surface area contributed by atoms with Gasteiger partial charge in [-0.25, -0.2) is 4.79 Å². The van der Waals surface area contributed by atoms with Gasteiger partial charge in [0, 0.05) is 18.2 Å². The monoisotopic (exact) mass is 242 g/mol. The van der Waals surface area contributed by atoms with Crippen molar-refractivity contribution in [3.05, 3.63) is 0 Å². The molecule has 17 heavy (non-hydrogen) atoms. The summed E-state index contributed by atoms with van der Waals surface area (Å²) in [6.07, 6.45) is 7.33. The Kier molecular flexibility index (Phi) is 5.75. The summed E-state index contributed by atoms with van der Waals surface area (Å²) in [5.74, 6) is 0. The molecule has 1 aliphatic carbocycles. The van der Waals surface area contributed by atoms with Crippen molar-refractivity contribution in [2.24, 2.45) is 0 Å². The predicted octanol–water partition coefficient (Wildman–Crippen LogP) is 2.17. The van der Waals surface area contributed by atoms with Crippen LogP contribution in [0.5, 0.6) is 0 Å². The molecule has 4 nitrogen and oxygen atoms in total. The maximum atomic E-state index is 11.9. The van der Waals surface area contributed by atoms with Gasteiger partial charge < -0.3 is 15.7 Å². The number of carbonyl (C=O) groups excluding carboxylic acids is 1. The Hall–Kier alpha value is -0.770. The minimum absolute atomic E-state index is 0.0882. The molecule has 1 aliphatic rings. The van der Waals surface area contributed by atoms with Gasteiger partial charge in [-0.2, -0.15) is 0 Å². The lowest BCUT2D eigenvalue weighted by molar-refractivity contribution is 0.196. The molecule has 1 saturated carbocycles. The Morgan fingerprint density at radius 3 is 2.53 bits per heavy atom. The Balaban J connectivity index is 2.36. The van der Waals surface area contributed by atoms with Gasteiger partial charge in [0.25, 0.3) is 0 Å². The van der Waals surface area contributed by atoms with Crippen molar-refractivity contribution in [1.82, 2.24) is 10.6 Å². The van der Waals surface area contributed by atoms with Crippen molar-refractivity contribution < 1.29 is 9.90 Å². The van der Waals surface area contributed by atoms with Gasteiger partial charge in [-0.3, -0.25) is 0 Å². The van der Waals surface area contributed by atoms with Crippen LogP contribution in [-0.2, 0) is 0 Å². The molecular formula is C13H26N2O2. The standard InChI is InChI=1S/C13H26N2O2/c1-3-13(2,9-10-16)15-12(17)14-11-7-5-4-6-8-11/h11,16H,3-10H2,1-2H3,(H2,14,15,17). The lowest BCUT2D eigenvalue weighted by atomic mass is 9.94. The van der Waals surface area contributed by atoms with Gasteiger partial charge in [0.05, 0.1) is 0 Å². The fourth-order valence-electron chi connectivity index (χ4n) is 2.32. The number of hydrogen-bond acceptors (Lipinski definition) is 2. The second kappa shape index (κ2) is 6.84.